The second-order valence-electron chi connectivity index (χ2n) is 6.74. The number of aromatic amines is 1. The largest absolute Gasteiger partial charge is 0.504 e. The van der Waals surface area contributed by atoms with Crippen LogP contribution in [0.25, 0.3) is 0 Å². The average Bonchev–Trinajstić information content (AvgIpc) is 2.85. The number of aromatic hydroxyl groups is 1. The highest BCUT2D eigenvalue weighted by Crippen LogP contribution is 2.47. The Bertz CT molecular complexity index is 794. The molecular weight excluding hydrogens is 308 g/mol. The molecule has 0 radical (unpaired) electrons. The molecule has 3 N–H and O–H groups in total. The number of phenols is 1. The molecule has 0 bridgehead atoms. The lowest BCUT2D eigenvalue weighted by atomic mass is 9.64. The van der Waals surface area contributed by atoms with Gasteiger partial charge in [-0.3, -0.25) is 9.89 Å². The molecule has 0 fully saturated rings. The monoisotopic (exact) mass is 330 g/mol. The summed E-state index contributed by atoms with van der Waals surface area (Å²) in [5.74, 6) is -0.664. The summed E-state index contributed by atoms with van der Waals surface area (Å²) in [6, 6.07) is 5.02. The van der Waals surface area contributed by atoms with Crippen molar-refractivity contribution >= 4 is 5.78 Å². The Morgan fingerprint density at radius 2 is 2.17 bits per heavy atom. The Morgan fingerprint density at radius 1 is 1.46 bits per heavy atom. The third-order valence-electron chi connectivity index (χ3n) is 4.91. The van der Waals surface area contributed by atoms with Gasteiger partial charge in [-0.05, 0) is 38.5 Å². The van der Waals surface area contributed by atoms with Crippen LogP contribution in [-0.2, 0) is 11.2 Å². The Labute approximate surface area is 140 Å². The predicted molar refractivity (Wildman–Crippen MR) is 88.3 cm³/mol. The van der Waals surface area contributed by atoms with Gasteiger partial charge in [-0.1, -0.05) is 6.07 Å². The number of H-pyrrole nitrogens is 1. The molecule has 128 valence electrons. The van der Waals surface area contributed by atoms with E-state index in [1.807, 2.05) is 6.92 Å². The number of phenolic OH excluding ortho intramolecular Hbond substituents is 1. The van der Waals surface area contributed by atoms with Gasteiger partial charge in [0.05, 0.1) is 24.3 Å². The molecule has 3 rings (SSSR count). The molecule has 6 nitrogen and oxygen atoms in total. The lowest BCUT2D eigenvalue weighted by Crippen LogP contribution is -2.48. The van der Waals surface area contributed by atoms with Gasteiger partial charge in [-0.25, -0.2) is 0 Å². The van der Waals surface area contributed by atoms with Gasteiger partial charge in [0, 0.05) is 23.6 Å². The quantitative estimate of drug-likeness (QED) is 0.801. The normalized spacial score (nSPS) is 26.0. The van der Waals surface area contributed by atoms with E-state index in [1.54, 1.807) is 25.1 Å². The minimum absolute atomic E-state index is 0.0346. The predicted octanol–water partition coefficient (Wildman–Crippen LogP) is 2.08. The van der Waals surface area contributed by atoms with Crippen molar-refractivity contribution in [2.45, 2.75) is 38.7 Å². The Kier molecular flexibility index (Phi) is 3.87. The summed E-state index contributed by atoms with van der Waals surface area (Å²) in [5, 5.41) is 28.0. The molecule has 0 amide bonds. The number of rotatable bonds is 3. The number of methoxy groups -OCH3 is 1. The standard InChI is InChI=1S/C18H22N2O4/c1-9-15-12(20-19-9)8-18(3,23)17(10(2)21)16(15)11-5-6-13(22)14(7-11)24-4/h5-7,16-17,22-23H,8H2,1-4H3,(H,19,20)/t16-,17+,18+/m1/s1. The van der Waals surface area contributed by atoms with Crippen molar-refractivity contribution in [2.75, 3.05) is 7.11 Å². The zero-order valence-electron chi connectivity index (χ0n) is 14.3. The van der Waals surface area contributed by atoms with Crippen molar-refractivity contribution in [1.29, 1.82) is 0 Å². The van der Waals surface area contributed by atoms with Crippen molar-refractivity contribution in [3.63, 3.8) is 0 Å². The number of aryl methyl sites for hydroxylation is 1. The summed E-state index contributed by atoms with van der Waals surface area (Å²) in [6.07, 6.45) is 0.322. The first-order valence-corrected chi connectivity index (χ1v) is 7.89. The van der Waals surface area contributed by atoms with E-state index >= 15 is 0 Å². The number of nitrogens with zero attached hydrogens (tertiary/aromatic N) is 1. The van der Waals surface area contributed by atoms with E-state index in [0.717, 1.165) is 22.5 Å². The molecule has 0 spiro atoms. The van der Waals surface area contributed by atoms with Gasteiger partial charge in [-0.2, -0.15) is 5.10 Å². The summed E-state index contributed by atoms with van der Waals surface area (Å²) >= 11 is 0. The van der Waals surface area contributed by atoms with Crippen molar-refractivity contribution in [2.24, 2.45) is 5.92 Å². The number of Topliss-reactive ketones (excluding diaryl/α,β-unsaturated/α-hetero) is 1. The van der Waals surface area contributed by atoms with Crippen LogP contribution in [0.1, 0.15) is 42.3 Å². The number of fused-ring (bicyclic) bond motifs is 1. The lowest BCUT2D eigenvalue weighted by molar-refractivity contribution is -0.130. The number of ether oxygens (including phenoxy) is 1. The van der Waals surface area contributed by atoms with Crippen LogP contribution in [0.3, 0.4) is 0 Å². The van der Waals surface area contributed by atoms with E-state index in [1.165, 1.54) is 14.0 Å². The van der Waals surface area contributed by atoms with E-state index in [2.05, 4.69) is 10.2 Å². The number of ketones is 1. The highest BCUT2D eigenvalue weighted by atomic mass is 16.5. The minimum Gasteiger partial charge on any atom is -0.504 e. The second kappa shape index (κ2) is 5.63. The SMILES string of the molecule is COc1cc([C@@H]2c3c(n[nH]c3C)C[C@](C)(O)[C@H]2C(C)=O)ccc1O. The summed E-state index contributed by atoms with van der Waals surface area (Å²) in [7, 11) is 1.48. The molecule has 2 aromatic rings. The fourth-order valence-corrected chi connectivity index (χ4v) is 3.93. The third-order valence-corrected chi connectivity index (χ3v) is 4.91. The van der Waals surface area contributed by atoms with Crippen LogP contribution in [0.15, 0.2) is 18.2 Å². The highest BCUT2D eigenvalue weighted by Gasteiger charge is 2.48. The van der Waals surface area contributed by atoms with Crippen LogP contribution < -0.4 is 4.74 Å². The highest BCUT2D eigenvalue weighted by molar-refractivity contribution is 5.82. The van der Waals surface area contributed by atoms with Gasteiger partial charge < -0.3 is 14.9 Å². The van der Waals surface area contributed by atoms with Gasteiger partial charge in [0.2, 0.25) is 0 Å². The van der Waals surface area contributed by atoms with Crippen LogP contribution in [0.2, 0.25) is 0 Å². The molecule has 0 saturated heterocycles. The summed E-state index contributed by atoms with van der Waals surface area (Å²) in [5.41, 5.74) is 2.19. The molecule has 3 atom stereocenters. The number of carbonyl (C=O) groups is 1. The van der Waals surface area contributed by atoms with E-state index in [9.17, 15) is 15.0 Å². The number of carbonyl (C=O) groups excluding carboxylic acids is 1. The summed E-state index contributed by atoms with van der Waals surface area (Å²) in [4.78, 5) is 12.4. The third kappa shape index (κ3) is 2.47. The van der Waals surface area contributed by atoms with E-state index < -0.39 is 11.5 Å². The summed E-state index contributed by atoms with van der Waals surface area (Å²) < 4.78 is 5.20. The molecule has 6 heteroatoms. The Hall–Kier alpha value is -2.34. The molecule has 1 aromatic heterocycles. The van der Waals surface area contributed by atoms with Crippen LogP contribution in [0, 0.1) is 12.8 Å². The van der Waals surface area contributed by atoms with Crippen molar-refractivity contribution in [3.05, 3.63) is 40.7 Å². The maximum Gasteiger partial charge on any atom is 0.160 e. The summed E-state index contributed by atoms with van der Waals surface area (Å²) in [6.45, 7) is 5.09. The Morgan fingerprint density at radius 3 is 2.79 bits per heavy atom. The molecule has 1 aliphatic rings. The maximum atomic E-state index is 12.4. The molecule has 1 heterocycles. The first kappa shape index (κ1) is 16.5. The van der Waals surface area contributed by atoms with Crippen molar-refractivity contribution in [1.82, 2.24) is 10.2 Å². The number of hydrogen-bond acceptors (Lipinski definition) is 5. The number of aromatic nitrogens is 2. The van der Waals surface area contributed by atoms with Gasteiger partial charge in [0.15, 0.2) is 11.5 Å². The maximum absolute atomic E-state index is 12.4. The molecule has 0 unspecified atom stereocenters. The number of hydrogen-bond donors (Lipinski definition) is 3. The Balaban J connectivity index is 2.24. The first-order chi connectivity index (χ1) is 11.3. The smallest absolute Gasteiger partial charge is 0.160 e. The van der Waals surface area contributed by atoms with Crippen LogP contribution in [-0.4, -0.2) is 38.9 Å². The van der Waals surface area contributed by atoms with Crippen molar-refractivity contribution < 1.29 is 19.7 Å². The van der Waals surface area contributed by atoms with E-state index in [4.69, 9.17) is 4.74 Å². The number of nitrogens with one attached hydrogen (secondary N) is 1. The van der Waals surface area contributed by atoms with Crippen LogP contribution in [0.4, 0.5) is 0 Å². The van der Waals surface area contributed by atoms with Crippen LogP contribution in [0.5, 0.6) is 11.5 Å². The molecule has 1 aromatic carbocycles. The topological polar surface area (TPSA) is 95.4 Å². The van der Waals surface area contributed by atoms with Gasteiger partial charge in [0.1, 0.15) is 5.78 Å². The molecule has 24 heavy (non-hydrogen) atoms. The van der Waals surface area contributed by atoms with Crippen molar-refractivity contribution in [3.8, 4) is 11.5 Å². The average molecular weight is 330 g/mol. The number of benzene rings is 1. The zero-order valence-corrected chi connectivity index (χ0v) is 14.3. The fourth-order valence-electron chi connectivity index (χ4n) is 3.93. The minimum atomic E-state index is -1.20. The molecule has 1 aliphatic carbocycles. The van der Waals surface area contributed by atoms with E-state index in [0.29, 0.717) is 12.2 Å². The van der Waals surface area contributed by atoms with Gasteiger partial charge in [0.25, 0.3) is 0 Å². The second-order valence-corrected chi connectivity index (χ2v) is 6.74. The van der Waals surface area contributed by atoms with Crippen LogP contribution >= 0.6 is 0 Å². The molecule has 0 saturated carbocycles. The fraction of sp³-hybridized carbons (Fsp3) is 0.444. The number of aliphatic hydroxyl groups is 1. The van der Waals surface area contributed by atoms with Gasteiger partial charge in [-0.15, -0.1) is 0 Å². The zero-order chi connectivity index (χ0) is 17.6. The molecule has 0 aliphatic heterocycles. The molecular formula is C18H22N2O4. The van der Waals surface area contributed by atoms with E-state index in [-0.39, 0.29) is 17.5 Å². The first-order valence-electron chi connectivity index (χ1n) is 7.89. The lowest BCUT2D eigenvalue weighted by Gasteiger charge is -2.41. The van der Waals surface area contributed by atoms with Gasteiger partial charge >= 0.3 is 0 Å².